The number of carboxylic acid groups (broad SMARTS) is 1. The van der Waals surface area contributed by atoms with Gasteiger partial charge in [-0.1, -0.05) is 44.2 Å². The second-order valence-electron chi connectivity index (χ2n) is 7.85. The Labute approximate surface area is 155 Å². The van der Waals surface area contributed by atoms with Gasteiger partial charge in [-0.05, 0) is 48.3 Å². The topological polar surface area (TPSA) is 66.3 Å². The normalized spacial score (nSPS) is 17.1. The molecule has 1 saturated heterocycles. The molecule has 1 aromatic heterocycles. The summed E-state index contributed by atoms with van der Waals surface area (Å²) in [4.78, 5) is 12.7. The SMILES string of the molecule is CC(C)(CC(c1ccccc1)c1cccnn1)C1CCN(C(=O)O)CC1. The van der Waals surface area contributed by atoms with E-state index >= 15 is 0 Å². The summed E-state index contributed by atoms with van der Waals surface area (Å²) in [5.41, 5.74) is 2.33. The molecule has 1 aromatic carbocycles. The summed E-state index contributed by atoms with van der Waals surface area (Å²) in [7, 11) is 0. The minimum absolute atomic E-state index is 0.0859. The number of rotatable bonds is 5. The van der Waals surface area contributed by atoms with Crippen LogP contribution in [0.1, 0.15) is 50.3 Å². The molecular formula is C21H27N3O2. The van der Waals surface area contributed by atoms with Crippen molar-refractivity contribution >= 4 is 6.09 Å². The lowest BCUT2D eigenvalue weighted by atomic mass is 9.67. The second kappa shape index (κ2) is 7.85. The van der Waals surface area contributed by atoms with E-state index in [1.54, 1.807) is 6.20 Å². The predicted octanol–water partition coefficient (Wildman–Crippen LogP) is 4.41. The molecule has 2 heterocycles. The van der Waals surface area contributed by atoms with Crippen LogP contribution >= 0.6 is 0 Å². The minimum atomic E-state index is -0.803. The van der Waals surface area contributed by atoms with Crippen LogP contribution < -0.4 is 0 Å². The van der Waals surface area contributed by atoms with Crippen molar-refractivity contribution in [1.82, 2.24) is 15.1 Å². The monoisotopic (exact) mass is 353 g/mol. The Bertz CT molecular complexity index is 671. The van der Waals surface area contributed by atoms with E-state index in [2.05, 4.69) is 48.3 Å². The highest BCUT2D eigenvalue weighted by molar-refractivity contribution is 5.65. The van der Waals surface area contributed by atoms with Crippen LogP contribution in [0.2, 0.25) is 0 Å². The van der Waals surface area contributed by atoms with Gasteiger partial charge in [0, 0.05) is 25.2 Å². The van der Waals surface area contributed by atoms with Crippen molar-refractivity contribution in [1.29, 1.82) is 0 Å². The Balaban J connectivity index is 1.79. The van der Waals surface area contributed by atoms with Crippen molar-refractivity contribution in [3.8, 4) is 0 Å². The first-order valence-electron chi connectivity index (χ1n) is 9.28. The highest BCUT2D eigenvalue weighted by Crippen LogP contribution is 2.44. The number of nitrogens with zero attached hydrogens (tertiary/aromatic N) is 3. The first kappa shape index (κ1) is 18.4. The maximum atomic E-state index is 11.2. The van der Waals surface area contributed by atoms with Gasteiger partial charge in [0.05, 0.1) is 5.69 Å². The Hall–Kier alpha value is -2.43. The molecule has 0 spiro atoms. The lowest BCUT2D eigenvalue weighted by Gasteiger charge is -2.41. The first-order valence-corrected chi connectivity index (χ1v) is 9.28. The standard InChI is InChI=1S/C21H27N3O2/c1-21(2,17-10-13-24(14-11-17)20(25)26)15-18(16-7-4-3-5-8-16)19-9-6-12-22-23-19/h3-9,12,17-18H,10-11,13-15H2,1-2H3,(H,25,26). The Morgan fingerprint density at radius 3 is 2.46 bits per heavy atom. The minimum Gasteiger partial charge on any atom is -0.465 e. The van der Waals surface area contributed by atoms with Crippen LogP contribution in [-0.4, -0.2) is 39.4 Å². The third kappa shape index (κ3) is 4.21. The summed E-state index contributed by atoms with van der Waals surface area (Å²) in [6.07, 6.45) is 3.71. The Morgan fingerprint density at radius 2 is 1.88 bits per heavy atom. The van der Waals surface area contributed by atoms with Crippen LogP contribution in [0.5, 0.6) is 0 Å². The number of carbonyl (C=O) groups is 1. The number of hydrogen-bond acceptors (Lipinski definition) is 3. The third-order valence-corrected chi connectivity index (χ3v) is 5.75. The lowest BCUT2D eigenvalue weighted by molar-refractivity contribution is 0.0818. The fraction of sp³-hybridized carbons (Fsp3) is 0.476. The molecule has 0 saturated carbocycles. The molecule has 5 nitrogen and oxygen atoms in total. The van der Waals surface area contributed by atoms with E-state index in [0.717, 1.165) is 25.0 Å². The maximum absolute atomic E-state index is 11.2. The summed E-state index contributed by atoms with van der Waals surface area (Å²) in [5.74, 6) is 0.693. The van der Waals surface area contributed by atoms with E-state index in [0.29, 0.717) is 19.0 Å². The molecule has 0 bridgehead atoms. The van der Waals surface area contributed by atoms with Crippen LogP contribution in [0.15, 0.2) is 48.7 Å². The molecule has 1 N–H and O–H groups in total. The molecule has 1 atom stereocenters. The summed E-state index contributed by atoms with van der Waals surface area (Å²) in [6.45, 7) is 5.87. The van der Waals surface area contributed by atoms with Gasteiger partial charge in [-0.3, -0.25) is 0 Å². The molecular weight excluding hydrogens is 326 g/mol. The average molecular weight is 353 g/mol. The number of likely N-dealkylation sites (tertiary alicyclic amines) is 1. The molecule has 1 unspecified atom stereocenters. The summed E-state index contributed by atoms with van der Waals surface area (Å²) < 4.78 is 0. The van der Waals surface area contributed by atoms with Crippen molar-refractivity contribution in [3.05, 3.63) is 59.9 Å². The van der Waals surface area contributed by atoms with Gasteiger partial charge in [-0.25, -0.2) is 4.79 Å². The van der Waals surface area contributed by atoms with Gasteiger partial charge < -0.3 is 10.0 Å². The number of aromatic nitrogens is 2. The highest BCUT2D eigenvalue weighted by Gasteiger charge is 2.36. The van der Waals surface area contributed by atoms with E-state index in [9.17, 15) is 9.90 Å². The molecule has 5 heteroatoms. The van der Waals surface area contributed by atoms with Crippen LogP contribution in [0, 0.1) is 11.3 Å². The largest absolute Gasteiger partial charge is 0.465 e. The van der Waals surface area contributed by atoms with E-state index in [4.69, 9.17) is 0 Å². The molecule has 3 rings (SSSR count). The van der Waals surface area contributed by atoms with Crippen LogP contribution in [0.25, 0.3) is 0 Å². The van der Waals surface area contributed by atoms with E-state index in [1.807, 2.05) is 18.2 Å². The van der Waals surface area contributed by atoms with E-state index in [-0.39, 0.29) is 11.3 Å². The van der Waals surface area contributed by atoms with E-state index < -0.39 is 6.09 Å². The van der Waals surface area contributed by atoms with Gasteiger partial charge in [0.1, 0.15) is 0 Å². The Morgan fingerprint density at radius 1 is 1.19 bits per heavy atom. The van der Waals surface area contributed by atoms with Crippen molar-refractivity contribution in [3.63, 3.8) is 0 Å². The molecule has 2 aromatic rings. The summed E-state index contributed by atoms with van der Waals surface area (Å²) in [6, 6.07) is 14.5. The predicted molar refractivity (Wildman–Crippen MR) is 101 cm³/mol. The zero-order chi connectivity index (χ0) is 18.6. The zero-order valence-corrected chi connectivity index (χ0v) is 15.5. The average Bonchev–Trinajstić information content (AvgIpc) is 2.67. The fourth-order valence-corrected chi connectivity index (χ4v) is 4.12. The van der Waals surface area contributed by atoms with Crippen molar-refractivity contribution < 1.29 is 9.90 Å². The van der Waals surface area contributed by atoms with Crippen molar-refractivity contribution in [2.24, 2.45) is 11.3 Å². The smallest absolute Gasteiger partial charge is 0.407 e. The lowest BCUT2D eigenvalue weighted by Crippen LogP contribution is -2.41. The molecule has 1 fully saturated rings. The van der Waals surface area contributed by atoms with Gasteiger partial charge in [0.2, 0.25) is 0 Å². The van der Waals surface area contributed by atoms with Crippen LogP contribution in [-0.2, 0) is 0 Å². The van der Waals surface area contributed by atoms with Gasteiger partial charge in [0.25, 0.3) is 0 Å². The number of piperidine rings is 1. The quantitative estimate of drug-likeness (QED) is 0.864. The van der Waals surface area contributed by atoms with E-state index in [1.165, 1.54) is 10.5 Å². The molecule has 0 aliphatic carbocycles. The number of amides is 1. The fourth-order valence-electron chi connectivity index (χ4n) is 4.12. The van der Waals surface area contributed by atoms with Gasteiger partial charge in [-0.15, -0.1) is 0 Å². The highest BCUT2D eigenvalue weighted by atomic mass is 16.4. The maximum Gasteiger partial charge on any atom is 0.407 e. The third-order valence-electron chi connectivity index (χ3n) is 5.75. The second-order valence-corrected chi connectivity index (χ2v) is 7.85. The Kier molecular flexibility index (Phi) is 5.55. The molecule has 138 valence electrons. The summed E-state index contributed by atoms with van der Waals surface area (Å²) >= 11 is 0. The molecule has 0 radical (unpaired) electrons. The van der Waals surface area contributed by atoms with Gasteiger partial charge in [0.15, 0.2) is 0 Å². The van der Waals surface area contributed by atoms with Gasteiger partial charge >= 0.3 is 6.09 Å². The zero-order valence-electron chi connectivity index (χ0n) is 15.5. The van der Waals surface area contributed by atoms with Crippen molar-refractivity contribution in [2.75, 3.05) is 13.1 Å². The molecule has 26 heavy (non-hydrogen) atoms. The molecule has 1 aliphatic heterocycles. The van der Waals surface area contributed by atoms with Crippen LogP contribution in [0.3, 0.4) is 0 Å². The first-order chi connectivity index (χ1) is 12.5. The van der Waals surface area contributed by atoms with Crippen molar-refractivity contribution in [2.45, 2.75) is 39.0 Å². The van der Waals surface area contributed by atoms with Gasteiger partial charge in [-0.2, -0.15) is 10.2 Å². The summed E-state index contributed by atoms with van der Waals surface area (Å²) in [5, 5.41) is 17.6. The number of hydrogen-bond donors (Lipinski definition) is 1. The molecule has 1 aliphatic rings. The van der Waals surface area contributed by atoms with Crippen LogP contribution in [0.4, 0.5) is 4.79 Å². The number of benzene rings is 1. The molecule has 1 amide bonds.